The summed E-state index contributed by atoms with van der Waals surface area (Å²) in [7, 11) is 4.69. The van der Waals surface area contributed by atoms with E-state index in [4.69, 9.17) is 9.47 Å². The number of nitrogens with one attached hydrogen (secondary N) is 1. The number of fused-ring (bicyclic) bond motifs is 1. The maximum Gasteiger partial charge on any atom is 0.254 e. The average Bonchev–Trinajstić information content (AvgIpc) is 2.86. The van der Waals surface area contributed by atoms with E-state index >= 15 is 0 Å². The van der Waals surface area contributed by atoms with E-state index in [0.717, 1.165) is 10.5 Å². The molecule has 1 heterocycles. The van der Waals surface area contributed by atoms with Gasteiger partial charge in [-0.1, -0.05) is 12.1 Å². The van der Waals surface area contributed by atoms with Crippen molar-refractivity contribution in [1.29, 1.82) is 0 Å². The Bertz CT molecular complexity index is 1210. The Morgan fingerprint density at radius 1 is 1.00 bits per heavy atom. The van der Waals surface area contributed by atoms with Crippen LogP contribution in [0.1, 0.15) is 33.4 Å². The molecule has 34 heavy (non-hydrogen) atoms. The van der Waals surface area contributed by atoms with Gasteiger partial charge in [0.25, 0.3) is 5.91 Å². The van der Waals surface area contributed by atoms with Crippen LogP contribution in [0, 0.1) is 5.82 Å². The van der Waals surface area contributed by atoms with Crippen LogP contribution in [0.2, 0.25) is 0 Å². The van der Waals surface area contributed by atoms with Crippen LogP contribution < -0.4 is 14.8 Å². The predicted molar refractivity (Wildman–Crippen MR) is 130 cm³/mol. The molecule has 6 nitrogen and oxygen atoms in total. The molecule has 2 atom stereocenters. The van der Waals surface area contributed by atoms with Gasteiger partial charge in [0, 0.05) is 23.2 Å². The average molecular weight is 481 g/mol. The van der Waals surface area contributed by atoms with Crippen molar-refractivity contribution < 1.29 is 23.5 Å². The van der Waals surface area contributed by atoms with Crippen LogP contribution >= 0.6 is 11.8 Å². The molecule has 3 aromatic carbocycles. The highest BCUT2D eigenvalue weighted by molar-refractivity contribution is 7.98. The zero-order valence-electron chi connectivity index (χ0n) is 19.3. The number of nitrogens with zero attached hydrogens (tertiary/aromatic N) is 1. The molecule has 176 valence electrons. The second-order valence-electron chi connectivity index (χ2n) is 7.90. The summed E-state index contributed by atoms with van der Waals surface area (Å²) in [5, 5.41) is 2.88. The van der Waals surface area contributed by atoms with Gasteiger partial charge in [0.15, 0.2) is 11.5 Å². The number of thioether (sulfide) groups is 1. The SMILES string of the molecule is COc1cc2c(cc1OC)[C@@H](C(=O)Nc1ccc(F)cc1)[C@@H](c1ccc(SC)cc1)N(C)C2=O. The first-order chi connectivity index (χ1) is 16.4. The fourth-order valence-corrected chi connectivity index (χ4v) is 4.71. The molecule has 1 aliphatic rings. The molecule has 0 aromatic heterocycles. The Kier molecular flexibility index (Phi) is 6.79. The number of likely N-dealkylation sites (N-methyl/N-ethyl adjacent to an activating group) is 1. The number of anilines is 1. The van der Waals surface area contributed by atoms with E-state index in [9.17, 15) is 14.0 Å². The minimum atomic E-state index is -0.748. The fourth-order valence-electron chi connectivity index (χ4n) is 4.30. The first kappa shape index (κ1) is 23.6. The summed E-state index contributed by atoms with van der Waals surface area (Å²) in [6, 6.07) is 16.1. The molecule has 0 saturated heterocycles. The number of carbonyl (C=O) groups is 2. The first-order valence-electron chi connectivity index (χ1n) is 10.6. The number of benzene rings is 3. The van der Waals surface area contributed by atoms with Crippen molar-refractivity contribution in [1.82, 2.24) is 4.90 Å². The van der Waals surface area contributed by atoms with E-state index in [1.54, 1.807) is 35.8 Å². The molecule has 8 heteroatoms. The molecule has 0 fully saturated rings. The molecule has 0 bridgehead atoms. The van der Waals surface area contributed by atoms with Gasteiger partial charge in [0.05, 0.1) is 26.2 Å². The zero-order chi connectivity index (χ0) is 24.4. The minimum absolute atomic E-state index is 0.222. The summed E-state index contributed by atoms with van der Waals surface area (Å²) in [5.41, 5.74) is 2.20. The lowest BCUT2D eigenvalue weighted by molar-refractivity contribution is -0.119. The van der Waals surface area contributed by atoms with Gasteiger partial charge in [-0.3, -0.25) is 9.59 Å². The Morgan fingerprint density at radius 2 is 1.62 bits per heavy atom. The third-order valence-electron chi connectivity index (χ3n) is 6.03. The summed E-state index contributed by atoms with van der Waals surface area (Å²) in [6.45, 7) is 0. The fraction of sp³-hybridized carbons (Fsp3) is 0.231. The maximum absolute atomic E-state index is 13.7. The molecule has 1 aliphatic heterocycles. The monoisotopic (exact) mass is 480 g/mol. The van der Waals surface area contributed by atoms with Crippen molar-refractivity contribution in [3.05, 3.63) is 83.2 Å². The Labute approximate surface area is 202 Å². The number of ether oxygens (including phenoxy) is 2. The number of methoxy groups -OCH3 is 2. The van der Waals surface area contributed by atoms with Crippen LogP contribution in [-0.2, 0) is 4.79 Å². The standard InChI is InChI=1S/C26H25FN2O4S/c1-29-24(15-5-11-18(34-4)12-6-15)23(25(30)28-17-9-7-16(27)8-10-17)19-13-21(32-2)22(33-3)14-20(19)26(29)31/h5-14,23-24H,1-4H3,(H,28,30)/t23-,24-/m1/s1. The second kappa shape index (κ2) is 9.77. The molecule has 0 radical (unpaired) electrons. The molecule has 0 saturated carbocycles. The predicted octanol–water partition coefficient (Wildman–Crippen LogP) is 5.11. The van der Waals surface area contributed by atoms with Gasteiger partial charge < -0.3 is 19.7 Å². The highest BCUT2D eigenvalue weighted by Gasteiger charge is 2.43. The zero-order valence-corrected chi connectivity index (χ0v) is 20.1. The van der Waals surface area contributed by atoms with Gasteiger partial charge in [-0.25, -0.2) is 4.39 Å². The lowest BCUT2D eigenvalue weighted by Crippen LogP contribution is -2.44. The van der Waals surface area contributed by atoms with Gasteiger partial charge >= 0.3 is 0 Å². The third kappa shape index (κ3) is 4.33. The molecule has 3 aromatic rings. The lowest BCUT2D eigenvalue weighted by Gasteiger charge is -2.40. The van der Waals surface area contributed by atoms with Gasteiger partial charge in [0.2, 0.25) is 5.91 Å². The topological polar surface area (TPSA) is 67.9 Å². The van der Waals surface area contributed by atoms with Crippen LogP contribution in [0.3, 0.4) is 0 Å². The number of rotatable bonds is 6. The number of hydrogen-bond donors (Lipinski definition) is 1. The lowest BCUT2D eigenvalue weighted by atomic mass is 9.79. The van der Waals surface area contributed by atoms with Crippen molar-refractivity contribution in [2.24, 2.45) is 0 Å². The van der Waals surface area contributed by atoms with Crippen LogP contribution in [0.5, 0.6) is 11.5 Å². The Hall–Kier alpha value is -3.52. The van der Waals surface area contributed by atoms with Crippen molar-refractivity contribution in [2.75, 3.05) is 32.8 Å². The molecular weight excluding hydrogens is 455 g/mol. The van der Waals surface area contributed by atoms with Crippen molar-refractivity contribution >= 4 is 29.3 Å². The molecule has 0 spiro atoms. The van der Waals surface area contributed by atoms with Crippen molar-refractivity contribution in [3.63, 3.8) is 0 Å². The van der Waals surface area contributed by atoms with Gasteiger partial charge in [0.1, 0.15) is 5.82 Å². The number of hydrogen-bond acceptors (Lipinski definition) is 5. The largest absolute Gasteiger partial charge is 0.493 e. The highest BCUT2D eigenvalue weighted by Crippen LogP contribution is 2.46. The smallest absolute Gasteiger partial charge is 0.254 e. The molecular formula is C26H25FN2O4S. The summed E-state index contributed by atoms with van der Waals surface area (Å²) in [4.78, 5) is 29.8. The molecule has 1 N–H and O–H groups in total. The molecule has 2 amide bonds. The third-order valence-corrected chi connectivity index (χ3v) is 6.77. The molecule has 0 aliphatic carbocycles. The summed E-state index contributed by atoms with van der Waals surface area (Å²) >= 11 is 1.61. The van der Waals surface area contributed by atoms with Crippen LogP contribution in [0.15, 0.2) is 65.6 Å². The van der Waals surface area contributed by atoms with E-state index in [-0.39, 0.29) is 11.8 Å². The van der Waals surface area contributed by atoms with Crippen LogP contribution in [0.25, 0.3) is 0 Å². The highest BCUT2D eigenvalue weighted by atomic mass is 32.2. The van der Waals surface area contributed by atoms with Crippen LogP contribution in [-0.4, -0.2) is 44.2 Å². The van der Waals surface area contributed by atoms with Crippen LogP contribution in [0.4, 0.5) is 10.1 Å². The number of carbonyl (C=O) groups excluding carboxylic acids is 2. The summed E-state index contributed by atoms with van der Waals surface area (Å²) < 4.78 is 24.2. The normalized spacial score (nSPS) is 17.2. The van der Waals surface area contributed by atoms with Gasteiger partial charge in [-0.15, -0.1) is 11.8 Å². The van der Waals surface area contributed by atoms with E-state index in [1.807, 2.05) is 30.5 Å². The maximum atomic E-state index is 13.7. The van der Waals surface area contributed by atoms with Gasteiger partial charge in [-0.2, -0.15) is 0 Å². The first-order valence-corrected chi connectivity index (χ1v) is 11.8. The minimum Gasteiger partial charge on any atom is -0.493 e. The van der Waals surface area contributed by atoms with E-state index < -0.39 is 17.8 Å². The summed E-state index contributed by atoms with van der Waals surface area (Å²) in [5.74, 6) is -0.852. The Morgan fingerprint density at radius 3 is 2.21 bits per heavy atom. The quantitative estimate of drug-likeness (QED) is 0.497. The summed E-state index contributed by atoms with van der Waals surface area (Å²) in [6.07, 6.45) is 1.99. The van der Waals surface area contributed by atoms with E-state index in [0.29, 0.717) is 28.3 Å². The molecule has 4 rings (SSSR count). The van der Waals surface area contributed by atoms with Crippen molar-refractivity contribution in [3.8, 4) is 11.5 Å². The van der Waals surface area contributed by atoms with E-state index in [2.05, 4.69) is 5.32 Å². The number of halogens is 1. The van der Waals surface area contributed by atoms with E-state index in [1.165, 1.54) is 38.5 Å². The Balaban J connectivity index is 1.86. The van der Waals surface area contributed by atoms with Crippen molar-refractivity contribution in [2.45, 2.75) is 16.9 Å². The van der Waals surface area contributed by atoms with Gasteiger partial charge in [-0.05, 0) is 65.9 Å². The molecule has 0 unspecified atom stereocenters. The number of amides is 2. The second-order valence-corrected chi connectivity index (χ2v) is 8.78.